The zero-order chi connectivity index (χ0) is 13.4. The summed E-state index contributed by atoms with van der Waals surface area (Å²) in [5, 5.41) is 1.21. The van der Waals surface area contributed by atoms with E-state index in [2.05, 4.69) is 23.9 Å². The maximum absolute atomic E-state index is 6.22. The predicted molar refractivity (Wildman–Crippen MR) is 80.9 cm³/mol. The molecule has 5 heteroatoms. The maximum atomic E-state index is 6.22. The number of fused-ring (bicyclic) bond motifs is 1. The lowest BCUT2D eigenvalue weighted by atomic mass is 9.99. The minimum absolute atomic E-state index is 0.227. The van der Waals surface area contributed by atoms with E-state index in [-0.39, 0.29) is 6.04 Å². The number of aryl methyl sites for hydroxylation is 1. The monoisotopic (exact) mass is 280 g/mol. The van der Waals surface area contributed by atoms with E-state index >= 15 is 0 Å². The van der Waals surface area contributed by atoms with Gasteiger partial charge >= 0.3 is 0 Å². The van der Waals surface area contributed by atoms with Gasteiger partial charge in [0.2, 0.25) is 0 Å². The average molecular weight is 280 g/mol. The fraction of sp³-hybridized carbons (Fsp3) is 0.786. The summed E-state index contributed by atoms with van der Waals surface area (Å²) in [5.74, 6) is 0. The van der Waals surface area contributed by atoms with Gasteiger partial charge in [-0.1, -0.05) is 11.3 Å². The summed E-state index contributed by atoms with van der Waals surface area (Å²) in [6.07, 6.45) is 6.00. The van der Waals surface area contributed by atoms with Gasteiger partial charge in [0.1, 0.15) is 0 Å². The third-order valence-corrected chi connectivity index (χ3v) is 5.45. The van der Waals surface area contributed by atoms with E-state index in [1.165, 1.54) is 35.0 Å². The molecular weight excluding hydrogens is 256 g/mol. The van der Waals surface area contributed by atoms with Crippen molar-refractivity contribution in [2.75, 3.05) is 32.1 Å². The van der Waals surface area contributed by atoms with Crippen LogP contribution in [0.3, 0.4) is 0 Å². The van der Waals surface area contributed by atoms with Crippen LogP contribution < -0.4 is 10.6 Å². The summed E-state index contributed by atoms with van der Waals surface area (Å²) in [5.41, 5.74) is 7.49. The Morgan fingerprint density at radius 2 is 2.21 bits per heavy atom. The fourth-order valence-corrected chi connectivity index (χ4v) is 4.51. The van der Waals surface area contributed by atoms with Crippen LogP contribution >= 0.6 is 11.3 Å². The van der Waals surface area contributed by atoms with Crippen LogP contribution in [0.5, 0.6) is 0 Å². The lowest BCUT2D eigenvalue weighted by molar-refractivity contribution is 0.372. The van der Waals surface area contributed by atoms with Gasteiger partial charge in [0.25, 0.3) is 0 Å². The lowest BCUT2D eigenvalue weighted by Gasteiger charge is -2.26. The van der Waals surface area contributed by atoms with Gasteiger partial charge in [0, 0.05) is 30.1 Å². The molecule has 19 heavy (non-hydrogen) atoms. The molecule has 0 radical (unpaired) electrons. The second kappa shape index (κ2) is 5.38. The lowest BCUT2D eigenvalue weighted by Crippen LogP contribution is -2.37. The first-order valence-electron chi connectivity index (χ1n) is 7.31. The summed E-state index contributed by atoms with van der Waals surface area (Å²) in [6.45, 7) is 2.27. The molecule has 1 fully saturated rings. The van der Waals surface area contributed by atoms with Crippen molar-refractivity contribution in [2.45, 2.75) is 44.2 Å². The molecule has 3 rings (SSSR count). The third kappa shape index (κ3) is 2.64. The third-order valence-electron chi connectivity index (χ3n) is 4.18. The van der Waals surface area contributed by atoms with Crippen LogP contribution in [0.25, 0.3) is 0 Å². The van der Waals surface area contributed by atoms with Gasteiger partial charge in [-0.15, -0.1) is 0 Å². The van der Waals surface area contributed by atoms with Gasteiger partial charge in [-0.2, -0.15) is 0 Å². The summed E-state index contributed by atoms with van der Waals surface area (Å²) >= 11 is 1.84. The molecule has 0 amide bonds. The smallest absolute Gasteiger partial charge is 0.186 e. The Labute approximate surface area is 119 Å². The highest BCUT2D eigenvalue weighted by Crippen LogP contribution is 2.38. The highest BCUT2D eigenvalue weighted by molar-refractivity contribution is 7.15. The van der Waals surface area contributed by atoms with Crippen molar-refractivity contribution in [2.24, 2.45) is 5.73 Å². The molecule has 0 spiro atoms. The normalized spacial score (nSPS) is 27.1. The summed E-state index contributed by atoms with van der Waals surface area (Å²) in [7, 11) is 4.30. The molecule has 1 aromatic heterocycles. The topological polar surface area (TPSA) is 45.4 Å². The first-order chi connectivity index (χ1) is 9.15. The first kappa shape index (κ1) is 13.3. The number of likely N-dealkylation sites (N-methyl/N-ethyl adjacent to an activating group) is 1. The van der Waals surface area contributed by atoms with Gasteiger partial charge in [-0.3, -0.25) is 0 Å². The molecule has 0 bridgehead atoms. The quantitative estimate of drug-likeness (QED) is 0.920. The molecule has 1 saturated heterocycles. The van der Waals surface area contributed by atoms with Crippen molar-refractivity contribution in [1.82, 2.24) is 9.88 Å². The molecule has 1 aliphatic carbocycles. The highest BCUT2D eigenvalue weighted by Gasteiger charge is 2.30. The van der Waals surface area contributed by atoms with Crippen molar-refractivity contribution < 1.29 is 0 Å². The number of nitrogens with zero attached hydrogens (tertiary/aromatic N) is 3. The zero-order valence-electron chi connectivity index (χ0n) is 11.9. The van der Waals surface area contributed by atoms with Crippen molar-refractivity contribution >= 4 is 16.5 Å². The Hall–Kier alpha value is -0.650. The average Bonchev–Trinajstić information content (AvgIpc) is 2.94. The van der Waals surface area contributed by atoms with E-state index in [0.29, 0.717) is 6.04 Å². The molecule has 2 N–H and O–H groups in total. The highest BCUT2D eigenvalue weighted by atomic mass is 32.1. The van der Waals surface area contributed by atoms with Crippen LogP contribution in [-0.4, -0.2) is 43.1 Å². The number of hydrogen-bond acceptors (Lipinski definition) is 5. The van der Waals surface area contributed by atoms with Crippen LogP contribution in [0, 0.1) is 0 Å². The van der Waals surface area contributed by atoms with E-state index in [0.717, 1.165) is 25.9 Å². The van der Waals surface area contributed by atoms with Crippen LogP contribution in [0.1, 0.15) is 42.3 Å². The second-order valence-corrected chi connectivity index (χ2v) is 7.07. The van der Waals surface area contributed by atoms with Crippen molar-refractivity contribution in [3.05, 3.63) is 10.6 Å². The molecule has 0 aromatic carbocycles. The molecule has 2 atom stereocenters. The van der Waals surface area contributed by atoms with E-state index in [4.69, 9.17) is 10.7 Å². The Bertz CT molecular complexity index is 443. The number of anilines is 1. The standard InChI is InChI=1S/C14H24N4S/c1-17(2)9-10-5-4-8-18(10)14-16-12-7-3-6-11(15)13(12)19-14/h10-11H,3-9,15H2,1-2H3. The van der Waals surface area contributed by atoms with E-state index < -0.39 is 0 Å². The molecule has 2 aliphatic rings. The summed E-state index contributed by atoms with van der Waals surface area (Å²) in [4.78, 5) is 11.0. The molecular formula is C14H24N4S. The van der Waals surface area contributed by atoms with Gasteiger partial charge in [-0.25, -0.2) is 4.98 Å². The van der Waals surface area contributed by atoms with E-state index in [9.17, 15) is 0 Å². The van der Waals surface area contributed by atoms with Crippen LogP contribution in [0.15, 0.2) is 0 Å². The number of hydrogen-bond donors (Lipinski definition) is 1. The minimum Gasteiger partial charge on any atom is -0.344 e. The van der Waals surface area contributed by atoms with Crippen LogP contribution in [-0.2, 0) is 6.42 Å². The molecule has 0 saturated carbocycles. The zero-order valence-corrected chi connectivity index (χ0v) is 12.7. The molecule has 1 aromatic rings. The number of thiazole rings is 1. The summed E-state index contributed by atoms with van der Waals surface area (Å²) < 4.78 is 0. The summed E-state index contributed by atoms with van der Waals surface area (Å²) in [6, 6.07) is 0.851. The van der Waals surface area contributed by atoms with Crippen molar-refractivity contribution in [3.8, 4) is 0 Å². The fourth-order valence-electron chi connectivity index (χ4n) is 3.26. The molecule has 4 nitrogen and oxygen atoms in total. The largest absolute Gasteiger partial charge is 0.344 e. The van der Waals surface area contributed by atoms with Gasteiger partial charge < -0.3 is 15.5 Å². The van der Waals surface area contributed by atoms with Crippen LogP contribution in [0.2, 0.25) is 0 Å². The Kier molecular flexibility index (Phi) is 3.78. The van der Waals surface area contributed by atoms with Gasteiger partial charge in [0.15, 0.2) is 5.13 Å². The van der Waals surface area contributed by atoms with E-state index in [1.54, 1.807) is 0 Å². The molecule has 106 valence electrons. The van der Waals surface area contributed by atoms with Crippen molar-refractivity contribution in [1.29, 1.82) is 0 Å². The molecule has 1 aliphatic heterocycles. The number of rotatable bonds is 3. The number of aromatic nitrogens is 1. The SMILES string of the molecule is CN(C)CC1CCCN1c1nc2c(s1)C(N)CCC2. The first-order valence-corrected chi connectivity index (χ1v) is 8.13. The Balaban J connectivity index is 1.81. The molecule has 2 unspecified atom stereocenters. The second-order valence-electron chi connectivity index (χ2n) is 6.06. The van der Waals surface area contributed by atoms with Gasteiger partial charge in [0.05, 0.1) is 5.69 Å². The Morgan fingerprint density at radius 3 is 2.95 bits per heavy atom. The molecule has 2 heterocycles. The minimum atomic E-state index is 0.227. The Morgan fingerprint density at radius 1 is 1.37 bits per heavy atom. The predicted octanol–water partition coefficient (Wildman–Crippen LogP) is 2.01. The van der Waals surface area contributed by atoms with Crippen LogP contribution in [0.4, 0.5) is 5.13 Å². The van der Waals surface area contributed by atoms with Crippen molar-refractivity contribution in [3.63, 3.8) is 0 Å². The van der Waals surface area contributed by atoms with E-state index in [1.807, 2.05) is 11.3 Å². The number of nitrogens with two attached hydrogens (primary N) is 1. The van der Waals surface area contributed by atoms with Gasteiger partial charge in [-0.05, 0) is 46.2 Å². The maximum Gasteiger partial charge on any atom is 0.186 e.